The fraction of sp³-hybridized carbons (Fsp3) is 0.923. The van der Waals surface area contributed by atoms with E-state index in [4.69, 9.17) is 4.74 Å². The lowest BCUT2D eigenvalue weighted by molar-refractivity contribution is -0.156. The van der Waals surface area contributed by atoms with Gasteiger partial charge in [-0.2, -0.15) is 0 Å². The Morgan fingerprint density at radius 1 is 1.22 bits per heavy atom. The molecule has 0 spiro atoms. The fourth-order valence-electron chi connectivity index (χ4n) is 3.15. The molecule has 2 fully saturated rings. The standard InChI is InChI=1S/C13H24N2O3/c1-2-14-6-3-4-13(5-7-14,12(16)17)15-8-10-18-11-9-15/h2-11H2,1H3,(H,16,17). The molecular weight excluding hydrogens is 232 g/mol. The average Bonchev–Trinajstić information content (AvgIpc) is 2.63. The molecule has 2 saturated heterocycles. The summed E-state index contributed by atoms with van der Waals surface area (Å²) in [6, 6.07) is 0. The Hall–Kier alpha value is -0.650. The summed E-state index contributed by atoms with van der Waals surface area (Å²) in [7, 11) is 0. The van der Waals surface area contributed by atoms with Gasteiger partial charge < -0.3 is 14.7 Å². The number of morpholine rings is 1. The van der Waals surface area contributed by atoms with Crippen LogP contribution < -0.4 is 0 Å². The normalized spacial score (nSPS) is 32.1. The van der Waals surface area contributed by atoms with Gasteiger partial charge in [0.15, 0.2) is 0 Å². The van der Waals surface area contributed by atoms with E-state index in [1.54, 1.807) is 0 Å². The van der Waals surface area contributed by atoms with E-state index in [1.807, 2.05) is 0 Å². The second-order valence-corrected chi connectivity index (χ2v) is 5.22. The third-order valence-corrected chi connectivity index (χ3v) is 4.37. The van der Waals surface area contributed by atoms with E-state index in [-0.39, 0.29) is 0 Å². The van der Waals surface area contributed by atoms with Crippen LogP contribution in [-0.2, 0) is 9.53 Å². The first-order valence-electron chi connectivity index (χ1n) is 6.97. The fourth-order valence-corrected chi connectivity index (χ4v) is 3.15. The second-order valence-electron chi connectivity index (χ2n) is 5.22. The maximum Gasteiger partial charge on any atom is 0.324 e. The van der Waals surface area contributed by atoms with Crippen LogP contribution in [-0.4, -0.2) is 72.4 Å². The van der Waals surface area contributed by atoms with Crippen molar-refractivity contribution in [3.63, 3.8) is 0 Å². The Labute approximate surface area is 109 Å². The van der Waals surface area contributed by atoms with Gasteiger partial charge in [-0.3, -0.25) is 9.69 Å². The van der Waals surface area contributed by atoms with Gasteiger partial charge >= 0.3 is 5.97 Å². The molecule has 2 aliphatic rings. The molecular formula is C13H24N2O3. The van der Waals surface area contributed by atoms with Crippen molar-refractivity contribution in [2.45, 2.75) is 31.7 Å². The van der Waals surface area contributed by atoms with Gasteiger partial charge in [0.25, 0.3) is 0 Å². The molecule has 5 nitrogen and oxygen atoms in total. The van der Waals surface area contributed by atoms with Crippen molar-refractivity contribution in [3.05, 3.63) is 0 Å². The topological polar surface area (TPSA) is 53.0 Å². The maximum absolute atomic E-state index is 11.8. The van der Waals surface area contributed by atoms with Crippen molar-refractivity contribution in [2.75, 3.05) is 45.9 Å². The first-order chi connectivity index (χ1) is 8.69. The van der Waals surface area contributed by atoms with Crippen LogP contribution in [0.25, 0.3) is 0 Å². The van der Waals surface area contributed by atoms with Crippen molar-refractivity contribution in [1.82, 2.24) is 9.80 Å². The van der Waals surface area contributed by atoms with E-state index in [9.17, 15) is 9.90 Å². The van der Waals surface area contributed by atoms with Crippen molar-refractivity contribution in [2.24, 2.45) is 0 Å². The summed E-state index contributed by atoms with van der Waals surface area (Å²) < 4.78 is 5.34. The summed E-state index contributed by atoms with van der Waals surface area (Å²) >= 11 is 0. The molecule has 1 unspecified atom stereocenters. The van der Waals surface area contributed by atoms with E-state index in [2.05, 4.69) is 16.7 Å². The monoisotopic (exact) mass is 256 g/mol. The average molecular weight is 256 g/mol. The van der Waals surface area contributed by atoms with E-state index in [1.165, 1.54) is 0 Å². The third kappa shape index (κ3) is 2.68. The Kier molecular flexibility index (Phi) is 4.59. The smallest absolute Gasteiger partial charge is 0.324 e. The second kappa shape index (κ2) is 5.99. The predicted molar refractivity (Wildman–Crippen MR) is 68.7 cm³/mol. The van der Waals surface area contributed by atoms with Crippen LogP contribution >= 0.6 is 0 Å². The van der Waals surface area contributed by atoms with Crippen LogP contribution in [0.3, 0.4) is 0 Å². The minimum absolute atomic E-state index is 0.651. The van der Waals surface area contributed by atoms with Gasteiger partial charge in [0, 0.05) is 19.6 Å². The SMILES string of the molecule is CCN1CCCC(C(=O)O)(N2CCOCC2)CC1. The van der Waals surface area contributed by atoms with E-state index in [0.717, 1.165) is 52.0 Å². The summed E-state index contributed by atoms with van der Waals surface area (Å²) in [4.78, 5) is 16.3. The summed E-state index contributed by atoms with van der Waals surface area (Å²) in [6.07, 6.45) is 2.46. The van der Waals surface area contributed by atoms with Crippen LogP contribution in [0.1, 0.15) is 26.2 Å². The largest absolute Gasteiger partial charge is 0.480 e. The molecule has 0 bridgehead atoms. The summed E-state index contributed by atoms with van der Waals surface area (Å²) in [6.45, 7) is 7.88. The maximum atomic E-state index is 11.8. The van der Waals surface area contributed by atoms with Gasteiger partial charge in [-0.25, -0.2) is 0 Å². The molecule has 18 heavy (non-hydrogen) atoms. The van der Waals surface area contributed by atoms with Crippen LogP contribution in [0.2, 0.25) is 0 Å². The zero-order valence-electron chi connectivity index (χ0n) is 11.2. The molecule has 0 aromatic rings. The van der Waals surface area contributed by atoms with Gasteiger partial charge in [-0.1, -0.05) is 6.92 Å². The van der Waals surface area contributed by atoms with Crippen LogP contribution in [0.15, 0.2) is 0 Å². The highest BCUT2D eigenvalue weighted by Crippen LogP contribution is 2.30. The van der Waals surface area contributed by atoms with E-state index < -0.39 is 11.5 Å². The molecule has 0 radical (unpaired) electrons. The molecule has 0 aromatic heterocycles. The summed E-state index contributed by atoms with van der Waals surface area (Å²) in [5.74, 6) is -0.651. The first kappa shape index (κ1) is 13.8. The minimum atomic E-state index is -0.659. The number of aliphatic carboxylic acids is 1. The molecule has 2 heterocycles. The number of hydrogen-bond donors (Lipinski definition) is 1. The number of likely N-dealkylation sites (tertiary alicyclic amines) is 1. The lowest BCUT2D eigenvalue weighted by atomic mass is 9.88. The van der Waals surface area contributed by atoms with Gasteiger partial charge in [-0.05, 0) is 32.4 Å². The van der Waals surface area contributed by atoms with Gasteiger partial charge in [0.2, 0.25) is 0 Å². The molecule has 2 rings (SSSR count). The van der Waals surface area contributed by atoms with E-state index in [0.29, 0.717) is 13.2 Å². The molecule has 0 aromatic carbocycles. The summed E-state index contributed by atoms with van der Waals surface area (Å²) in [5, 5.41) is 9.72. The molecule has 2 aliphatic heterocycles. The lowest BCUT2D eigenvalue weighted by Crippen LogP contribution is -2.58. The van der Waals surface area contributed by atoms with Crippen LogP contribution in [0.4, 0.5) is 0 Å². The van der Waals surface area contributed by atoms with Crippen molar-refractivity contribution < 1.29 is 14.6 Å². The van der Waals surface area contributed by atoms with Crippen molar-refractivity contribution >= 4 is 5.97 Å². The minimum Gasteiger partial charge on any atom is -0.480 e. The number of carboxylic acids is 1. The molecule has 5 heteroatoms. The predicted octanol–water partition coefficient (Wildman–Crippen LogP) is 0.648. The number of carbonyl (C=O) groups is 1. The number of carboxylic acid groups (broad SMARTS) is 1. The quantitative estimate of drug-likeness (QED) is 0.803. The highest BCUT2D eigenvalue weighted by Gasteiger charge is 2.45. The third-order valence-electron chi connectivity index (χ3n) is 4.37. The highest BCUT2D eigenvalue weighted by molar-refractivity contribution is 5.79. The lowest BCUT2D eigenvalue weighted by Gasteiger charge is -2.42. The van der Waals surface area contributed by atoms with E-state index >= 15 is 0 Å². The number of hydrogen-bond acceptors (Lipinski definition) is 4. The molecule has 1 N–H and O–H groups in total. The Bertz CT molecular complexity index is 292. The van der Waals surface area contributed by atoms with Gasteiger partial charge in [0.1, 0.15) is 5.54 Å². The molecule has 1 atom stereocenters. The molecule has 0 amide bonds. The van der Waals surface area contributed by atoms with Crippen LogP contribution in [0, 0.1) is 0 Å². The molecule has 104 valence electrons. The number of nitrogens with zero attached hydrogens (tertiary/aromatic N) is 2. The van der Waals surface area contributed by atoms with Crippen molar-refractivity contribution in [1.29, 1.82) is 0 Å². The van der Waals surface area contributed by atoms with Crippen LogP contribution in [0.5, 0.6) is 0 Å². The number of rotatable bonds is 3. The zero-order valence-corrected chi connectivity index (χ0v) is 11.2. The Morgan fingerprint density at radius 3 is 2.56 bits per heavy atom. The van der Waals surface area contributed by atoms with Gasteiger partial charge in [0.05, 0.1) is 13.2 Å². The highest BCUT2D eigenvalue weighted by atomic mass is 16.5. The van der Waals surface area contributed by atoms with Gasteiger partial charge in [-0.15, -0.1) is 0 Å². The molecule has 0 aliphatic carbocycles. The number of ether oxygens (including phenoxy) is 1. The zero-order chi connectivity index (χ0) is 13.0. The first-order valence-corrected chi connectivity index (χ1v) is 6.97. The van der Waals surface area contributed by atoms with Crippen molar-refractivity contribution in [3.8, 4) is 0 Å². The summed E-state index contributed by atoms with van der Waals surface area (Å²) in [5.41, 5.74) is -0.659. The molecule has 0 saturated carbocycles. The Morgan fingerprint density at radius 2 is 1.94 bits per heavy atom. The Balaban J connectivity index is 2.12.